The summed E-state index contributed by atoms with van der Waals surface area (Å²) in [4.78, 5) is 40.9. The molecule has 0 saturated heterocycles. The molecule has 12 heteroatoms. The lowest BCUT2D eigenvalue weighted by Crippen LogP contribution is -2.41. The first-order chi connectivity index (χ1) is 18.6. The quantitative estimate of drug-likeness (QED) is 0.330. The number of amides is 3. The second-order valence-electron chi connectivity index (χ2n) is 9.55. The molecular weight excluding hydrogens is 538 g/mol. The lowest BCUT2D eigenvalue weighted by atomic mass is 10.0. The summed E-state index contributed by atoms with van der Waals surface area (Å²) in [6.07, 6.45) is 4.00. The Balaban J connectivity index is 1.84. The van der Waals surface area contributed by atoms with Crippen LogP contribution in [0.4, 0.5) is 5.00 Å². The summed E-state index contributed by atoms with van der Waals surface area (Å²) in [5, 5.41) is 3.25. The molecule has 1 aliphatic heterocycles. The molecule has 0 unspecified atom stereocenters. The van der Waals surface area contributed by atoms with Gasteiger partial charge in [-0.15, -0.1) is 11.3 Å². The topological polar surface area (TPSA) is 128 Å². The minimum Gasteiger partial charge on any atom is -0.313 e. The molecule has 0 atom stereocenters. The first-order valence-corrected chi connectivity index (χ1v) is 15.7. The molecule has 10 nitrogen and oxygen atoms in total. The van der Waals surface area contributed by atoms with Crippen molar-refractivity contribution in [3.05, 3.63) is 45.8 Å². The Morgan fingerprint density at radius 2 is 1.62 bits per heavy atom. The number of benzene rings is 1. The third-order valence-corrected chi connectivity index (χ3v) is 9.71. The SMILES string of the molecule is CCCCN(CCCC)S(=O)(=O)c1ccc(C(=O)Nc2sc3c(c2C(=O)NNC(C)=O)CCN(CC)C3)cc1. The number of carbonyl (C=O) groups is 3. The number of unbranched alkanes of at least 4 members (excludes halogenated alkanes) is 2. The summed E-state index contributed by atoms with van der Waals surface area (Å²) >= 11 is 1.34. The number of hydrazine groups is 1. The van der Waals surface area contributed by atoms with E-state index in [0.29, 0.717) is 36.6 Å². The van der Waals surface area contributed by atoms with E-state index >= 15 is 0 Å². The minimum atomic E-state index is -3.68. The molecule has 3 amide bonds. The molecule has 214 valence electrons. The molecule has 2 heterocycles. The Morgan fingerprint density at radius 1 is 0.974 bits per heavy atom. The molecule has 0 spiro atoms. The molecule has 0 bridgehead atoms. The number of anilines is 1. The Morgan fingerprint density at radius 3 is 2.18 bits per heavy atom. The first-order valence-electron chi connectivity index (χ1n) is 13.5. The van der Waals surface area contributed by atoms with Gasteiger partial charge < -0.3 is 5.32 Å². The zero-order chi connectivity index (χ0) is 28.6. The highest BCUT2D eigenvalue weighted by atomic mass is 32.2. The molecule has 39 heavy (non-hydrogen) atoms. The van der Waals surface area contributed by atoms with Crippen LogP contribution >= 0.6 is 11.3 Å². The maximum absolute atomic E-state index is 13.3. The van der Waals surface area contributed by atoms with Crippen LogP contribution < -0.4 is 16.2 Å². The third kappa shape index (κ3) is 7.65. The van der Waals surface area contributed by atoms with Gasteiger partial charge in [0.1, 0.15) is 5.00 Å². The molecule has 0 radical (unpaired) electrons. The van der Waals surface area contributed by atoms with Gasteiger partial charge in [-0.05, 0) is 55.6 Å². The number of thiophene rings is 1. The van der Waals surface area contributed by atoms with Gasteiger partial charge in [0.25, 0.3) is 11.8 Å². The molecule has 0 saturated carbocycles. The number of hydrogen-bond donors (Lipinski definition) is 3. The van der Waals surface area contributed by atoms with Crippen molar-refractivity contribution >= 4 is 44.1 Å². The van der Waals surface area contributed by atoms with E-state index in [9.17, 15) is 22.8 Å². The lowest BCUT2D eigenvalue weighted by Gasteiger charge is -2.25. The highest BCUT2D eigenvalue weighted by molar-refractivity contribution is 7.89. The molecule has 1 aliphatic rings. The van der Waals surface area contributed by atoms with E-state index in [2.05, 4.69) is 28.0 Å². The van der Waals surface area contributed by atoms with Crippen LogP contribution in [0.15, 0.2) is 29.2 Å². The standard InChI is InChI=1S/C27H39N5O5S2/c1-5-8-15-32(16-9-6-2)39(36,37)21-12-10-20(11-13-21)25(34)28-27-24(26(35)30-29-19(4)33)22-14-17-31(7-3)18-23(22)38-27/h10-13H,5-9,14-18H2,1-4H3,(H,28,34)(H,29,33)(H,30,35). The fourth-order valence-electron chi connectivity index (χ4n) is 4.39. The summed E-state index contributed by atoms with van der Waals surface area (Å²) in [5.41, 5.74) is 6.20. The van der Waals surface area contributed by atoms with Crippen molar-refractivity contribution in [1.82, 2.24) is 20.1 Å². The van der Waals surface area contributed by atoms with Gasteiger partial charge in [0.2, 0.25) is 15.9 Å². The van der Waals surface area contributed by atoms with Gasteiger partial charge in [-0.2, -0.15) is 4.31 Å². The van der Waals surface area contributed by atoms with Gasteiger partial charge in [-0.1, -0.05) is 33.6 Å². The summed E-state index contributed by atoms with van der Waals surface area (Å²) < 4.78 is 28.0. The number of hydrogen-bond acceptors (Lipinski definition) is 7. The average molecular weight is 578 g/mol. The van der Waals surface area contributed by atoms with Gasteiger partial charge in [0, 0.05) is 43.5 Å². The highest BCUT2D eigenvalue weighted by Crippen LogP contribution is 2.37. The summed E-state index contributed by atoms with van der Waals surface area (Å²) in [6.45, 7) is 10.7. The van der Waals surface area contributed by atoms with E-state index < -0.39 is 27.7 Å². The minimum absolute atomic E-state index is 0.146. The predicted molar refractivity (Wildman–Crippen MR) is 153 cm³/mol. The molecule has 3 rings (SSSR count). The Labute approximate surface area is 235 Å². The van der Waals surface area contributed by atoms with Crippen molar-refractivity contribution in [2.45, 2.75) is 71.2 Å². The van der Waals surface area contributed by atoms with E-state index in [1.165, 1.54) is 46.8 Å². The van der Waals surface area contributed by atoms with Gasteiger partial charge in [-0.25, -0.2) is 8.42 Å². The second kappa shape index (κ2) is 14.0. The number of fused-ring (bicyclic) bond motifs is 1. The number of likely N-dealkylation sites (N-methyl/N-ethyl adjacent to an activating group) is 1. The average Bonchev–Trinajstić information content (AvgIpc) is 3.28. The van der Waals surface area contributed by atoms with Crippen LogP contribution in [0.1, 0.15) is 84.5 Å². The maximum atomic E-state index is 13.3. The number of nitrogens with zero attached hydrogens (tertiary/aromatic N) is 2. The fourth-order valence-corrected chi connectivity index (χ4v) is 7.19. The molecule has 2 aromatic rings. The van der Waals surface area contributed by atoms with Crippen LogP contribution in [0.25, 0.3) is 0 Å². The smallest absolute Gasteiger partial charge is 0.272 e. The number of nitrogens with one attached hydrogen (secondary N) is 3. The van der Waals surface area contributed by atoms with Crippen molar-refractivity contribution in [2.75, 3.05) is 31.5 Å². The van der Waals surface area contributed by atoms with Gasteiger partial charge in [0.05, 0.1) is 10.5 Å². The monoisotopic (exact) mass is 577 g/mol. The summed E-state index contributed by atoms with van der Waals surface area (Å²) in [7, 11) is -3.68. The number of sulfonamides is 1. The van der Waals surface area contributed by atoms with Crippen molar-refractivity contribution in [2.24, 2.45) is 0 Å². The first kappa shape index (κ1) is 30.7. The van der Waals surface area contributed by atoms with Crippen LogP contribution in [0.2, 0.25) is 0 Å². The van der Waals surface area contributed by atoms with Gasteiger partial charge >= 0.3 is 0 Å². The summed E-state index contributed by atoms with van der Waals surface area (Å²) in [6, 6.07) is 5.89. The second-order valence-corrected chi connectivity index (χ2v) is 12.6. The van der Waals surface area contributed by atoms with Crippen LogP contribution in [0.5, 0.6) is 0 Å². The van der Waals surface area contributed by atoms with Gasteiger partial charge in [0.15, 0.2) is 0 Å². The number of rotatable bonds is 12. The van der Waals surface area contributed by atoms with Crippen molar-refractivity contribution in [3.63, 3.8) is 0 Å². The van der Waals surface area contributed by atoms with E-state index in [0.717, 1.165) is 49.2 Å². The fraction of sp³-hybridized carbons (Fsp3) is 0.519. The van der Waals surface area contributed by atoms with Crippen LogP contribution in [-0.2, 0) is 27.8 Å². The molecular formula is C27H39N5O5S2. The third-order valence-electron chi connectivity index (χ3n) is 6.67. The zero-order valence-corrected chi connectivity index (χ0v) is 24.8. The molecule has 1 aromatic carbocycles. The largest absolute Gasteiger partial charge is 0.313 e. The van der Waals surface area contributed by atoms with Crippen molar-refractivity contribution in [3.8, 4) is 0 Å². The van der Waals surface area contributed by atoms with E-state index in [1.54, 1.807) is 0 Å². The highest BCUT2D eigenvalue weighted by Gasteiger charge is 2.29. The van der Waals surface area contributed by atoms with E-state index in [1.807, 2.05) is 13.8 Å². The summed E-state index contributed by atoms with van der Waals surface area (Å²) in [5.74, 6) is -1.36. The van der Waals surface area contributed by atoms with Crippen molar-refractivity contribution < 1.29 is 22.8 Å². The zero-order valence-electron chi connectivity index (χ0n) is 23.1. The lowest BCUT2D eigenvalue weighted by molar-refractivity contribution is -0.119. The number of carbonyl (C=O) groups excluding carboxylic acids is 3. The normalized spacial score (nSPS) is 13.7. The van der Waals surface area contributed by atoms with Gasteiger partial charge in [-0.3, -0.25) is 30.1 Å². The maximum Gasteiger partial charge on any atom is 0.272 e. The molecule has 0 aliphatic carbocycles. The Bertz CT molecular complexity index is 1270. The molecule has 0 fully saturated rings. The van der Waals surface area contributed by atoms with Crippen molar-refractivity contribution in [1.29, 1.82) is 0 Å². The van der Waals surface area contributed by atoms with E-state index in [-0.39, 0.29) is 10.5 Å². The molecule has 1 aromatic heterocycles. The van der Waals surface area contributed by atoms with Crippen LogP contribution in [0, 0.1) is 0 Å². The Hall–Kier alpha value is -2.80. The molecule has 3 N–H and O–H groups in total. The van der Waals surface area contributed by atoms with E-state index in [4.69, 9.17) is 0 Å². The Kier molecular flexibility index (Phi) is 11.0. The van der Waals surface area contributed by atoms with Crippen LogP contribution in [0.3, 0.4) is 0 Å². The predicted octanol–water partition coefficient (Wildman–Crippen LogP) is 3.75. The van der Waals surface area contributed by atoms with Crippen LogP contribution in [-0.4, -0.2) is 61.5 Å².